The first kappa shape index (κ1) is 12.3. The quantitative estimate of drug-likeness (QED) is 0.555. The van der Waals surface area contributed by atoms with Gasteiger partial charge in [-0.25, -0.2) is 9.59 Å². The number of aliphatic hydroxyl groups excluding tert-OH is 1. The van der Waals surface area contributed by atoms with Gasteiger partial charge in [0.1, 0.15) is 11.6 Å². The fraction of sp³-hybridized carbons (Fsp3) is 0.429. The lowest BCUT2D eigenvalue weighted by atomic mass is 10.2. The summed E-state index contributed by atoms with van der Waals surface area (Å²) in [5.74, 6) is -1.21. The number of carboxylic acid groups (broad SMARTS) is 1. The third-order valence-electron chi connectivity index (χ3n) is 1.60. The number of aliphatic hydroxyl groups is 1. The van der Waals surface area contributed by atoms with Crippen molar-refractivity contribution in [1.29, 1.82) is 0 Å². The van der Waals surface area contributed by atoms with Crippen LogP contribution in [0.1, 0.15) is 6.42 Å². The average Bonchev–Trinajstić information content (AvgIpc) is 2.69. The van der Waals surface area contributed by atoms with E-state index in [-0.39, 0.29) is 18.2 Å². The van der Waals surface area contributed by atoms with Crippen molar-refractivity contribution in [3.63, 3.8) is 0 Å². The summed E-state index contributed by atoms with van der Waals surface area (Å²) in [5.41, 5.74) is 1.43. The number of nitrogens with one attached hydrogen (secondary N) is 2. The molecule has 1 atom stereocenters. The van der Waals surface area contributed by atoms with Gasteiger partial charge in [0.15, 0.2) is 0 Å². The van der Waals surface area contributed by atoms with Crippen molar-refractivity contribution in [2.75, 3.05) is 11.9 Å². The Morgan fingerprint density at radius 1 is 1.56 bits per heavy atom. The fourth-order valence-electron chi connectivity index (χ4n) is 0.905. The lowest BCUT2D eigenvalue weighted by Gasteiger charge is -2.12. The van der Waals surface area contributed by atoms with Crippen molar-refractivity contribution >= 4 is 28.5 Å². The molecule has 88 valence electrons. The standard InChI is InChI=1S/C7H10N4O4S/c12-2-1-4(5(13)14)9-6(15)10-7-11-8-3-16-7/h3-4,12H,1-2H2,(H,13,14)(H2,9,10,11,15). The van der Waals surface area contributed by atoms with E-state index < -0.39 is 18.0 Å². The molecule has 1 rings (SSSR count). The Morgan fingerprint density at radius 3 is 2.81 bits per heavy atom. The molecule has 1 aromatic rings. The van der Waals surface area contributed by atoms with Crippen molar-refractivity contribution in [2.24, 2.45) is 0 Å². The molecule has 0 bridgehead atoms. The maximum Gasteiger partial charge on any atom is 0.326 e. The van der Waals surface area contributed by atoms with Crippen LogP contribution in [0.15, 0.2) is 5.51 Å². The summed E-state index contributed by atoms with van der Waals surface area (Å²) in [6, 6.07) is -1.82. The molecule has 0 radical (unpaired) electrons. The zero-order valence-electron chi connectivity index (χ0n) is 8.08. The van der Waals surface area contributed by atoms with E-state index in [9.17, 15) is 9.59 Å². The number of hydrogen-bond acceptors (Lipinski definition) is 6. The minimum absolute atomic E-state index is 0.0567. The van der Waals surface area contributed by atoms with Gasteiger partial charge >= 0.3 is 12.0 Å². The van der Waals surface area contributed by atoms with Gasteiger partial charge < -0.3 is 15.5 Å². The Kier molecular flexibility index (Phi) is 4.61. The van der Waals surface area contributed by atoms with Gasteiger partial charge in [0.05, 0.1) is 0 Å². The van der Waals surface area contributed by atoms with Crippen LogP contribution in [0.3, 0.4) is 0 Å². The first-order chi connectivity index (χ1) is 7.63. The normalized spacial score (nSPS) is 11.8. The smallest absolute Gasteiger partial charge is 0.326 e. The highest BCUT2D eigenvalue weighted by atomic mass is 32.1. The lowest BCUT2D eigenvalue weighted by Crippen LogP contribution is -2.43. The van der Waals surface area contributed by atoms with Crippen molar-refractivity contribution in [1.82, 2.24) is 15.5 Å². The summed E-state index contributed by atoms with van der Waals surface area (Å²) >= 11 is 1.11. The second-order valence-electron chi connectivity index (χ2n) is 2.75. The van der Waals surface area contributed by atoms with Gasteiger partial charge in [-0.3, -0.25) is 5.32 Å². The SMILES string of the molecule is O=C(Nc1nncs1)NC(CCO)C(=O)O. The minimum atomic E-state index is -1.21. The molecule has 0 aliphatic carbocycles. The molecule has 9 heteroatoms. The zero-order valence-corrected chi connectivity index (χ0v) is 8.90. The topological polar surface area (TPSA) is 124 Å². The van der Waals surface area contributed by atoms with Gasteiger partial charge in [-0.15, -0.1) is 10.2 Å². The van der Waals surface area contributed by atoms with E-state index in [1.807, 2.05) is 0 Å². The Labute approximate surface area is 94.3 Å². The number of carbonyl (C=O) groups is 2. The van der Waals surface area contributed by atoms with E-state index in [4.69, 9.17) is 10.2 Å². The number of aliphatic carboxylic acids is 1. The van der Waals surface area contributed by atoms with Gasteiger partial charge in [0.25, 0.3) is 0 Å². The Balaban J connectivity index is 2.45. The van der Waals surface area contributed by atoms with Crippen molar-refractivity contribution in [3.8, 4) is 0 Å². The highest BCUT2D eigenvalue weighted by Gasteiger charge is 2.19. The van der Waals surface area contributed by atoms with Crippen LogP contribution in [-0.2, 0) is 4.79 Å². The third kappa shape index (κ3) is 3.79. The van der Waals surface area contributed by atoms with Crippen LogP contribution in [0.4, 0.5) is 9.93 Å². The van der Waals surface area contributed by atoms with Gasteiger partial charge in [-0.2, -0.15) is 0 Å². The number of anilines is 1. The van der Waals surface area contributed by atoms with Crippen molar-refractivity contribution in [3.05, 3.63) is 5.51 Å². The number of hydrogen-bond donors (Lipinski definition) is 4. The minimum Gasteiger partial charge on any atom is -0.480 e. The Morgan fingerprint density at radius 2 is 2.31 bits per heavy atom. The van der Waals surface area contributed by atoms with E-state index in [0.717, 1.165) is 11.3 Å². The average molecular weight is 246 g/mol. The first-order valence-electron chi connectivity index (χ1n) is 4.31. The maximum absolute atomic E-state index is 11.3. The summed E-state index contributed by atoms with van der Waals surface area (Å²) in [6.07, 6.45) is -0.0567. The number of aromatic nitrogens is 2. The molecule has 0 saturated carbocycles. The maximum atomic E-state index is 11.3. The monoisotopic (exact) mass is 246 g/mol. The predicted molar refractivity (Wildman–Crippen MR) is 55.2 cm³/mol. The van der Waals surface area contributed by atoms with Crippen LogP contribution in [0.2, 0.25) is 0 Å². The molecule has 2 amide bonds. The molecule has 4 N–H and O–H groups in total. The fourth-order valence-corrected chi connectivity index (χ4v) is 1.35. The third-order valence-corrected chi connectivity index (χ3v) is 2.21. The largest absolute Gasteiger partial charge is 0.480 e. The summed E-state index contributed by atoms with van der Waals surface area (Å²) in [6.45, 7) is -0.323. The first-order valence-corrected chi connectivity index (χ1v) is 5.18. The van der Waals surface area contributed by atoms with Crippen LogP contribution in [0.25, 0.3) is 0 Å². The van der Waals surface area contributed by atoms with Gasteiger partial charge in [0, 0.05) is 13.0 Å². The van der Waals surface area contributed by atoms with E-state index in [0.29, 0.717) is 0 Å². The van der Waals surface area contributed by atoms with Crippen LogP contribution < -0.4 is 10.6 Å². The number of carbonyl (C=O) groups excluding carboxylic acids is 1. The Bertz CT molecular complexity index is 355. The van der Waals surface area contributed by atoms with Gasteiger partial charge in [-0.05, 0) is 0 Å². The Hall–Kier alpha value is -1.74. The lowest BCUT2D eigenvalue weighted by molar-refractivity contribution is -0.139. The number of urea groups is 1. The van der Waals surface area contributed by atoms with Gasteiger partial charge in [-0.1, -0.05) is 11.3 Å². The van der Waals surface area contributed by atoms with Crippen LogP contribution in [-0.4, -0.2) is 45.1 Å². The summed E-state index contributed by atoms with van der Waals surface area (Å²) in [4.78, 5) is 21.9. The second-order valence-corrected chi connectivity index (χ2v) is 3.58. The molecule has 16 heavy (non-hydrogen) atoms. The summed E-state index contributed by atoms with van der Waals surface area (Å²) < 4.78 is 0. The molecule has 1 unspecified atom stereocenters. The highest BCUT2D eigenvalue weighted by Crippen LogP contribution is 2.07. The van der Waals surface area contributed by atoms with E-state index in [1.165, 1.54) is 5.51 Å². The molecule has 0 aliphatic rings. The molecule has 0 aliphatic heterocycles. The molecular formula is C7H10N4O4S. The molecule has 0 fully saturated rings. The van der Waals surface area contributed by atoms with Crippen LogP contribution >= 0.6 is 11.3 Å². The number of amides is 2. The van der Waals surface area contributed by atoms with E-state index in [1.54, 1.807) is 0 Å². The molecule has 0 spiro atoms. The predicted octanol–water partition coefficient (Wildman–Crippen LogP) is -0.505. The van der Waals surface area contributed by atoms with Crippen LogP contribution in [0.5, 0.6) is 0 Å². The van der Waals surface area contributed by atoms with Crippen LogP contribution in [0, 0.1) is 0 Å². The second kappa shape index (κ2) is 5.98. The summed E-state index contributed by atoms with van der Waals surface area (Å²) in [7, 11) is 0. The van der Waals surface area contributed by atoms with Gasteiger partial charge in [0.2, 0.25) is 5.13 Å². The molecule has 1 heterocycles. The number of nitrogens with zero attached hydrogens (tertiary/aromatic N) is 2. The molecule has 0 aromatic carbocycles. The number of carboxylic acids is 1. The summed E-state index contributed by atoms with van der Waals surface area (Å²) in [5, 5.41) is 29.1. The van der Waals surface area contributed by atoms with Crippen molar-refractivity contribution in [2.45, 2.75) is 12.5 Å². The van der Waals surface area contributed by atoms with Crippen molar-refractivity contribution < 1.29 is 19.8 Å². The number of rotatable bonds is 5. The molecule has 8 nitrogen and oxygen atoms in total. The van der Waals surface area contributed by atoms with E-state index >= 15 is 0 Å². The molecule has 1 aromatic heterocycles. The molecular weight excluding hydrogens is 236 g/mol. The molecule has 0 saturated heterocycles. The zero-order chi connectivity index (χ0) is 12.0. The highest BCUT2D eigenvalue weighted by molar-refractivity contribution is 7.13. The van der Waals surface area contributed by atoms with E-state index in [2.05, 4.69) is 20.8 Å².